The third kappa shape index (κ3) is 5.00. The summed E-state index contributed by atoms with van der Waals surface area (Å²) in [5, 5.41) is 5.85. The minimum atomic E-state index is -0.217. The van der Waals surface area contributed by atoms with Crippen LogP contribution in [0.2, 0.25) is 0 Å². The Morgan fingerprint density at radius 2 is 1.74 bits per heavy atom. The highest BCUT2D eigenvalue weighted by Gasteiger charge is 2.21. The standard InChI is InChI=1S/C21H25N3O3/c1-15(25)24-12-10-19(11-13-24)23-21(26)22-18-8-6-16(7-9-18)17-4-3-5-20(14-17)27-2/h3-9,14,19H,10-13H2,1-2H3,(H2,22,23,26). The van der Waals surface area contributed by atoms with Gasteiger partial charge >= 0.3 is 6.03 Å². The number of hydrogen-bond acceptors (Lipinski definition) is 3. The number of nitrogens with zero attached hydrogens (tertiary/aromatic N) is 1. The van der Waals surface area contributed by atoms with Gasteiger partial charge < -0.3 is 20.3 Å². The quantitative estimate of drug-likeness (QED) is 0.869. The van der Waals surface area contributed by atoms with Crippen LogP contribution in [-0.4, -0.2) is 43.1 Å². The Labute approximate surface area is 159 Å². The van der Waals surface area contributed by atoms with Crippen LogP contribution < -0.4 is 15.4 Å². The number of carbonyl (C=O) groups is 2. The van der Waals surface area contributed by atoms with Crippen LogP contribution in [0.4, 0.5) is 10.5 Å². The van der Waals surface area contributed by atoms with E-state index in [-0.39, 0.29) is 18.0 Å². The molecule has 1 aliphatic heterocycles. The molecule has 27 heavy (non-hydrogen) atoms. The molecule has 0 atom stereocenters. The van der Waals surface area contributed by atoms with Gasteiger partial charge in [-0.15, -0.1) is 0 Å². The van der Waals surface area contributed by atoms with Crippen molar-refractivity contribution in [1.82, 2.24) is 10.2 Å². The van der Waals surface area contributed by atoms with Gasteiger partial charge in [0.2, 0.25) is 5.91 Å². The van der Waals surface area contributed by atoms with Crippen LogP contribution in [0.25, 0.3) is 11.1 Å². The molecule has 0 aliphatic carbocycles. The maximum Gasteiger partial charge on any atom is 0.319 e. The minimum absolute atomic E-state index is 0.0917. The lowest BCUT2D eigenvalue weighted by Crippen LogP contribution is -2.47. The van der Waals surface area contributed by atoms with Crippen molar-refractivity contribution >= 4 is 17.6 Å². The number of urea groups is 1. The molecule has 1 fully saturated rings. The van der Waals surface area contributed by atoms with E-state index in [1.54, 1.807) is 14.0 Å². The third-order valence-electron chi connectivity index (χ3n) is 4.82. The topological polar surface area (TPSA) is 70.7 Å². The second kappa shape index (κ2) is 8.58. The van der Waals surface area contributed by atoms with Crippen LogP contribution in [0.3, 0.4) is 0 Å². The number of likely N-dealkylation sites (tertiary alicyclic amines) is 1. The van der Waals surface area contributed by atoms with Crippen LogP contribution in [0.1, 0.15) is 19.8 Å². The van der Waals surface area contributed by atoms with Gasteiger partial charge in [-0.3, -0.25) is 4.79 Å². The molecule has 1 aliphatic rings. The summed E-state index contributed by atoms with van der Waals surface area (Å²) in [5.74, 6) is 0.902. The zero-order valence-corrected chi connectivity index (χ0v) is 15.7. The molecule has 0 spiro atoms. The molecule has 1 heterocycles. The molecule has 6 heteroatoms. The zero-order chi connectivity index (χ0) is 19.2. The van der Waals surface area contributed by atoms with Crippen molar-refractivity contribution in [3.8, 4) is 16.9 Å². The lowest BCUT2D eigenvalue weighted by Gasteiger charge is -2.31. The Morgan fingerprint density at radius 1 is 1.04 bits per heavy atom. The number of benzene rings is 2. The van der Waals surface area contributed by atoms with Gasteiger partial charge in [0.05, 0.1) is 7.11 Å². The van der Waals surface area contributed by atoms with Crippen LogP contribution in [0.5, 0.6) is 5.75 Å². The summed E-state index contributed by atoms with van der Waals surface area (Å²) in [6, 6.07) is 15.4. The van der Waals surface area contributed by atoms with Gasteiger partial charge in [-0.05, 0) is 48.2 Å². The van der Waals surface area contributed by atoms with E-state index in [1.165, 1.54) is 0 Å². The van der Waals surface area contributed by atoms with Crippen molar-refractivity contribution in [3.63, 3.8) is 0 Å². The average Bonchev–Trinajstić information content (AvgIpc) is 2.69. The van der Waals surface area contributed by atoms with E-state index >= 15 is 0 Å². The predicted octanol–water partition coefficient (Wildman–Crippen LogP) is 3.49. The van der Waals surface area contributed by atoms with Crippen molar-refractivity contribution in [1.29, 1.82) is 0 Å². The highest BCUT2D eigenvalue weighted by Crippen LogP contribution is 2.25. The summed E-state index contributed by atoms with van der Waals surface area (Å²) < 4.78 is 5.26. The fourth-order valence-electron chi connectivity index (χ4n) is 3.24. The lowest BCUT2D eigenvalue weighted by molar-refractivity contribution is -0.129. The molecule has 142 valence electrons. The number of rotatable bonds is 4. The van der Waals surface area contributed by atoms with Gasteiger partial charge in [-0.2, -0.15) is 0 Å². The molecule has 0 aromatic heterocycles. The van der Waals surface area contributed by atoms with Crippen molar-refractivity contribution in [2.75, 3.05) is 25.5 Å². The van der Waals surface area contributed by atoms with Crippen molar-refractivity contribution in [2.24, 2.45) is 0 Å². The number of methoxy groups -OCH3 is 1. The second-order valence-corrected chi connectivity index (χ2v) is 6.69. The minimum Gasteiger partial charge on any atom is -0.497 e. The average molecular weight is 367 g/mol. The largest absolute Gasteiger partial charge is 0.497 e. The van der Waals surface area contributed by atoms with Gasteiger partial charge in [-0.1, -0.05) is 24.3 Å². The number of nitrogens with one attached hydrogen (secondary N) is 2. The molecule has 2 aromatic carbocycles. The number of carbonyl (C=O) groups excluding carboxylic acids is 2. The van der Waals surface area contributed by atoms with Crippen LogP contribution in [0.15, 0.2) is 48.5 Å². The van der Waals surface area contributed by atoms with Gasteiger partial charge in [0.1, 0.15) is 5.75 Å². The first kappa shape index (κ1) is 18.8. The first-order chi connectivity index (χ1) is 13.0. The first-order valence-electron chi connectivity index (χ1n) is 9.12. The molecule has 0 unspecified atom stereocenters. The molecule has 0 saturated carbocycles. The molecular weight excluding hydrogens is 342 g/mol. The number of ether oxygens (including phenoxy) is 1. The monoisotopic (exact) mass is 367 g/mol. The molecule has 1 saturated heterocycles. The third-order valence-corrected chi connectivity index (χ3v) is 4.82. The Hall–Kier alpha value is -3.02. The van der Waals surface area contributed by atoms with Crippen LogP contribution in [-0.2, 0) is 4.79 Å². The van der Waals surface area contributed by atoms with E-state index in [2.05, 4.69) is 10.6 Å². The van der Waals surface area contributed by atoms with Gasteiger partial charge in [0.25, 0.3) is 0 Å². The number of piperidine rings is 1. The highest BCUT2D eigenvalue weighted by atomic mass is 16.5. The summed E-state index contributed by atoms with van der Waals surface area (Å²) in [7, 11) is 1.65. The molecule has 3 amide bonds. The number of amides is 3. The Bertz CT molecular complexity index is 797. The van der Waals surface area contributed by atoms with Crippen molar-refractivity contribution < 1.29 is 14.3 Å². The van der Waals surface area contributed by atoms with Gasteiger partial charge in [-0.25, -0.2) is 4.79 Å². The molecule has 2 N–H and O–H groups in total. The maximum atomic E-state index is 12.2. The summed E-state index contributed by atoms with van der Waals surface area (Å²) in [5.41, 5.74) is 2.85. The Balaban J connectivity index is 1.53. The van der Waals surface area contributed by atoms with E-state index in [1.807, 2.05) is 53.4 Å². The predicted molar refractivity (Wildman–Crippen MR) is 106 cm³/mol. The summed E-state index contributed by atoms with van der Waals surface area (Å²) >= 11 is 0. The number of anilines is 1. The van der Waals surface area contributed by atoms with Gasteiger partial charge in [0, 0.05) is 31.7 Å². The molecule has 0 radical (unpaired) electrons. The second-order valence-electron chi connectivity index (χ2n) is 6.69. The maximum absolute atomic E-state index is 12.2. The normalized spacial score (nSPS) is 14.5. The fraction of sp³-hybridized carbons (Fsp3) is 0.333. The Kier molecular flexibility index (Phi) is 5.96. The first-order valence-corrected chi connectivity index (χ1v) is 9.12. The zero-order valence-electron chi connectivity index (χ0n) is 15.7. The SMILES string of the molecule is COc1cccc(-c2ccc(NC(=O)NC3CCN(C(C)=O)CC3)cc2)c1. The Morgan fingerprint density at radius 3 is 2.37 bits per heavy atom. The smallest absolute Gasteiger partial charge is 0.319 e. The summed E-state index contributed by atoms with van der Waals surface area (Å²) in [6.45, 7) is 2.96. The molecule has 0 bridgehead atoms. The van der Waals surface area contributed by atoms with Crippen molar-refractivity contribution in [2.45, 2.75) is 25.8 Å². The van der Waals surface area contributed by atoms with E-state index < -0.39 is 0 Å². The molecule has 6 nitrogen and oxygen atoms in total. The van der Waals surface area contributed by atoms with E-state index in [9.17, 15) is 9.59 Å². The van der Waals surface area contributed by atoms with Crippen molar-refractivity contribution in [3.05, 3.63) is 48.5 Å². The summed E-state index contributed by atoms with van der Waals surface area (Å²) in [4.78, 5) is 25.4. The highest BCUT2D eigenvalue weighted by molar-refractivity contribution is 5.89. The van der Waals surface area contributed by atoms with Gasteiger partial charge in [0.15, 0.2) is 0 Å². The number of hydrogen-bond donors (Lipinski definition) is 2. The van der Waals surface area contributed by atoms with Crippen LogP contribution >= 0.6 is 0 Å². The lowest BCUT2D eigenvalue weighted by atomic mass is 10.0. The van der Waals surface area contributed by atoms with E-state index in [0.29, 0.717) is 13.1 Å². The van der Waals surface area contributed by atoms with E-state index in [4.69, 9.17) is 4.74 Å². The fourth-order valence-corrected chi connectivity index (χ4v) is 3.24. The molecule has 2 aromatic rings. The van der Waals surface area contributed by atoms with Crippen LogP contribution in [0, 0.1) is 0 Å². The molecule has 3 rings (SSSR count). The summed E-state index contributed by atoms with van der Waals surface area (Å²) in [6.07, 6.45) is 1.56. The molecular formula is C21H25N3O3. The van der Waals surface area contributed by atoms with E-state index in [0.717, 1.165) is 35.4 Å².